The van der Waals surface area contributed by atoms with Gasteiger partial charge in [0, 0.05) is 37.7 Å². The summed E-state index contributed by atoms with van der Waals surface area (Å²) in [4.78, 5) is 29.6. The van der Waals surface area contributed by atoms with Crippen molar-refractivity contribution in [3.8, 4) is 6.07 Å². The van der Waals surface area contributed by atoms with Crippen LogP contribution in [0.2, 0.25) is 0 Å². The molecule has 1 saturated heterocycles. The zero-order valence-corrected chi connectivity index (χ0v) is 19.3. The van der Waals surface area contributed by atoms with E-state index in [1.165, 1.54) is 17.6 Å². The molecule has 13 heteroatoms. The van der Waals surface area contributed by atoms with E-state index in [4.69, 9.17) is 4.74 Å². The summed E-state index contributed by atoms with van der Waals surface area (Å²) in [6, 6.07) is 6.49. The highest BCUT2D eigenvalue weighted by Gasteiger charge is 2.33. The number of nitrogens with one attached hydrogen (secondary N) is 1. The maximum atomic E-state index is 13.4. The number of rotatable bonds is 5. The van der Waals surface area contributed by atoms with Crippen LogP contribution >= 0.6 is 0 Å². The molecule has 1 atom stereocenters. The molecule has 1 fully saturated rings. The van der Waals surface area contributed by atoms with Gasteiger partial charge >= 0.3 is 6.18 Å². The lowest BCUT2D eigenvalue weighted by Gasteiger charge is -2.29. The largest absolute Gasteiger partial charge is 0.416 e. The summed E-state index contributed by atoms with van der Waals surface area (Å²) in [5.41, 5.74) is -1.35. The van der Waals surface area contributed by atoms with Crippen LogP contribution in [-0.2, 0) is 18.0 Å². The van der Waals surface area contributed by atoms with Gasteiger partial charge in [0.05, 0.1) is 35.3 Å². The average molecular weight is 502 g/mol. The summed E-state index contributed by atoms with van der Waals surface area (Å²) in [5.74, 6) is 0.154. The van der Waals surface area contributed by atoms with Gasteiger partial charge in [-0.05, 0) is 30.7 Å². The monoisotopic (exact) mass is 502 g/mol. The Kier molecular flexibility index (Phi) is 6.55. The van der Waals surface area contributed by atoms with Gasteiger partial charge in [0.2, 0.25) is 0 Å². The number of anilines is 2. The molecule has 0 bridgehead atoms. The third-order valence-electron chi connectivity index (χ3n) is 6.00. The van der Waals surface area contributed by atoms with Crippen molar-refractivity contribution >= 4 is 28.1 Å². The molecule has 10 nitrogen and oxygen atoms in total. The summed E-state index contributed by atoms with van der Waals surface area (Å²) >= 11 is 0. The van der Waals surface area contributed by atoms with Crippen molar-refractivity contribution in [3.05, 3.63) is 67.6 Å². The second-order valence-corrected chi connectivity index (χ2v) is 8.33. The second-order valence-electron chi connectivity index (χ2n) is 8.33. The number of benzene rings is 1. The van der Waals surface area contributed by atoms with Gasteiger partial charge in [-0.3, -0.25) is 14.9 Å². The van der Waals surface area contributed by atoms with Crippen LogP contribution in [0.4, 0.5) is 30.4 Å². The lowest BCUT2D eigenvalue weighted by atomic mass is 10.0. The van der Waals surface area contributed by atoms with E-state index in [-0.39, 0.29) is 22.6 Å². The lowest BCUT2D eigenvalue weighted by Crippen LogP contribution is -2.40. The Bertz CT molecular complexity index is 1440. The fourth-order valence-electron chi connectivity index (χ4n) is 4.08. The first-order valence-corrected chi connectivity index (χ1v) is 10.9. The van der Waals surface area contributed by atoms with Crippen molar-refractivity contribution in [1.82, 2.24) is 9.55 Å². The molecular weight excluding hydrogens is 481 g/mol. The topological polar surface area (TPSA) is 126 Å². The molecule has 1 N–H and O–H groups in total. The van der Waals surface area contributed by atoms with Crippen LogP contribution in [0.1, 0.15) is 29.8 Å². The maximum Gasteiger partial charge on any atom is 0.416 e. The normalized spacial score (nSPS) is 14.9. The molecule has 0 amide bonds. The number of ether oxygens (including phenoxy) is 1. The minimum atomic E-state index is -4.78. The number of fused-ring (bicyclic) bond motifs is 1. The highest BCUT2D eigenvalue weighted by Crippen LogP contribution is 2.35. The summed E-state index contributed by atoms with van der Waals surface area (Å²) in [5, 5.41) is 24.2. The zero-order chi connectivity index (χ0) is 26.2. The van der Waals surface area contributed by atoms with E-state index < -0.39 is 28.4 Å². The number of alkyl halides is 3. The van der Waals surface area contributed by atoms with Crippen molar-refractivity contribution in [2.75, 3.05) is 36.5 Å². The number of aromatic nitrogens is 2. The van der Waals surface area contributed by atoms with Crippen LogP contribution in [-0.4, -0.2) is 40.8 Å². The minimum Gasteiger partial charge on any atom is -0.378 e. The Labute approximate surface area is 202 Å². The van der Waals surface area contributed by atoms with Crippen molar-refractivity contribution in [2.45, 2.75) is 19.1 Å². The number of halogens is 3. The van der Waals surface area contributed by atoms with Gasteiger partial charge < -0.3 is 19.5 Å². The molecule has 0 radical (unpaired) electrons. The molecule has 4 rings (SSSR count). The highest BCUT2D eigenvalue weighted by atomic mass is 19.4. The van der Waals surface area contributed by atoms with Gasteiger partial charge in [-0.25, -0.2) is 4.98 Å². The lowest BCUT2D eigenvalue weighted by molar-refractivity contribution is -0.385. The molecule has 36 heavy (non-hydrogen) atoms. The van der Waals surface area contributed by atoms with Crippen LogP contribution in [0, 0.1) is 21.4 Å². The molecule has 3 heterocycles. The van der Waals surface area contributed by atoms with E-state index in [1.54, 1.807) is 13.1 Å². The first-order chi connectivity index (χ1) is 17.0. The number of nitriles is 1. The van der Waals surface area contributed by atoms with Crippen molar-refractivity contribution in [2.24, 2.45) is 7.05 Å². The molecule has 188 valence electrons. The zero-order valence-electron chi connectivity index (χ0n) is 19.3. The molecule has 3 aromatic rings. The summed E-state index contributed by atoms with van der Waals surface area (Å²) < 4.78 is 46.9. The van der Waals surface area contributed by atoms with Crippen molar-refractivity contribution < 1.29 is 22.8 Å². The van der Waals surface area contributed by atoms with Gasteiger partial charge in [-0.15, -0.1) is 0 Å². The Morgan fingerprint density at radius 2 is 1.92 bits per heavy atom. The first kappa shape index (κ1) is 24.9. The predicted octanol–water partition coefficient (Wildman–Crippen LogP) is 3.74. The summed E-state index contributed by atoms with van der Waals surface area (Å²) in [6.07, 6.45) is -4.78. The van der Waals surface area contributed by atoms with E-state index in [1.807, 2.05) is 11.0 Å². The first-order valence-electron chi connectivity index (χ1n) is 10.9. The molecular formula is C23H21F3N6O4. The van der Waals surface area contributed by atoms with E-state index in [0.717, 1.165) is 12.1 Å². The van der Waals surface area contributed by atoms with E-state index in [0.29, 0.717) is 49.0 Å². The molecule has 0 saturated carbocycles. The van der Waals surface area contributed by atoms with E-state index >= 15 is 0 Å². The number of nitro groups is 1. The van der Waals surface area contributed by atoms with Crippen LogP contribution in [0.15, 0.2) is 35.1 Å². The van der Waals surface area contributed by atoms with Crippen LogP contribution in [0.25, 0.3) is 10.9 Å². The summed E-state index contributed by atoms with van der Waals surface area (Å²) in [7, 11) is 1.55. The third kappa shape index (κ3) is 4.80. The Hall–Kier alpha value is -4.18. The number of hydrogen-bond acceptors (Lipinski definition) is 8. The van der Waals surface area contributed by atoms with Crippen LogP contribution < -0.4 is 15.8 Å². The van der Waals surface area contributed by atoms with Crippen molar-refractivity contribution in [3.63, 3.8) is 0 Å². The van der Waals surface area contributed by atoms with E-state index in [9.17, 15) is 33.3 Å². The van der Waals surface area contributed by atoms with Crippen LogP contribution in [0.3, 0.4) is 0 Å². The third-order valence-corrected chi connectivity index (χ3v) is 6.00. The standard InChI is InChI=1S/C23H21F3N6O4/c1-13(14-7-15(23(24,25)26)9-17(8-14)32(34)35)28-21-18-11-20(31-3-5-36-6-4-31)22(33)30(2)19(18)10-16(12-27)29-21/h7-11,13H,3-6H2,1-2H3,(H,28,29)/t13-/m1/s1. The summed E-state index contributed by atoms with van der Waals surface area (Å²) in [6.45, 7) is 3.41. The van der Waals surface area contributed by atoms with Gasteiger partial charge in [-0.1, -0.05) is 0 Å². The highest BCUT2D eigenvalue weighted by molar-refractivity contribution is 5.92. The van der Waals surface area contributed by atoms with Gasteiger partial charge in [0.25, 0.3) is 11.2 Å². The Balaban J connectivity index is 1.83. The second kappa shape index (κ2) is 9.46. The molecule has 1 aliphatic heterocycles. The predicted molar refractivity (Wildman–Crippen MR) is 125 cm³/mol. The average Bonchev–Trinajstić information content (AvgIpc) is 2.85. The molecule has 0 aliphatic carbocycles. The number of nitro benzene ring substituents is 1. The number of morpholine rings is 1. The Morgan fingerprint density at radius 3 is 2.53 bits per heavy atom. The number of pyridine rings is 2. The van der Waals surface area contributed by atoms with Gasteiger partial charge in [0.1, 0.15) is 23.3 Å². The maximum absolute atomic E-state index is 13.4. The van der Waals surface area contributed by atoms with Crippen molar-refractivity contribution in [1.29, 1.82) is 5.26 Å². The molecule has 0 spiro atoms. The van der Waals surface area contributed by atoms with Gasteiger partial charge in [-0.2, -0.15) is 18.4 Å². The fraction of sp³-hybridized carbons (Fsp3) is 0.348. The SMILES string of the molecule is C[C@@H](Nc1nc(C#N)cc2c1cc(N1CCOCC1)c(=O)n2C)c1cc([N+](=O)[O-])cc(C(F)(F)F)c1. The molecule has 0 unspecified atom stereocenters. The van der Waals surface area contributed by atoms with Crippen LogP contribution in [0.5, 0.6) is 0 Å². The smallest absolute Gasteiger partial charge is 0.378 e. The molecule has 2 aromatic heterocycles. The fourth-order valence-corrected chi connectivity index (χ4v) is 4.08. The number of aryl methyl sites for hydroxylation is 1. The van der Waals surface area contributed by atoms with E-state index in [2.05, 4.69) is 10.3 Å². The Morgan fingerprint density at radius 1 is 1.22 bits per heavy atom. The van der Waals surface area contributed by atoms with Gasteiger partial charge in [0.15, 0.2) is 0 Å². The quantitative estimate of drug-likeness (QED) is 0.413. The molecule has 1 aliphatic rings. The minimum absolute atomic E-state index is 0.00654. The number of nitrogens with zero attached hydrogens (tertiary/aromatic N) is 5. The number of non-ortho nitro benzene ring substituents is 1. The molecule has 1 aromatic carbocycles. The number of hydrogen-bond donors (Lipinski definition) is 1.